The Labute approximate surface area is 163 Å². The molecule has 1 aliphatic carbocycles. The van der Waals surface area contributed by atoms with E-state index in [9.17, 15) is 5.11 Å². The van der Waals surface area contributed by atoms with Gasteiger partial charge in [0.1, 0.15) is 29.0 Å². The molecule has 0 amide bonds. The van der Waals surface area contributed by atoms with Gasteiger partial charge in [-0.1, -0.05) is 11.6 Å². The van der Waals surface area contributed by atoms with E-state index in [4.69, 9.17) is 22.1 Å². The second-order valence-corrected chi connectivity index (χ2v) is 7.93. The minimum absolute atomic E-state index is 0.236. The number of nitrogens with zero attached hydrogens (tertiary/aromatic N) is 4. The highest BCUT2D eigenvalue weighted by molar-refractivity contribution is 6.35. The van der Waals surface area contributed by atoms with Crippen LogP contribution in [0.3, 0.4) is 0 Å². The number of rotatable bonds is 3. The van der Waals surface area contributed by atoms with Crippen molar-refractivity contribution in [2.24, 2.45) is 11.8 Å². The van der Waals surface area contributed by atoms with E-state index in [1.807, 2.05) is 26.0 Å². The lowest BCUT2D eigenvalue weighted by atomic mass is 9.78. The van der Waals surface area contributed by atoms with Gasteiger partial charge in [-0.3, -0.25) is 4.98 Å². The molecule has 2 fully saturated rings. The minimum Gasteiger partial charge on any atom is -0.486 e. The normalized spacial score (nSPS) is 27.5. The van der Waals surface area contributed by atoms with E-state index in [-0.39, 0.29) is 6.10 Å². The summed E-state index contributed by atoms with van der Waals surface area (Å²) < 4.78 is 6.14. The fourth-order valence-electron chi connectivity index (χ4n) is 4.25. The largest absolute Gasteiger partial charge is 0.486 e. The zero-order chi connectivity index (χ0) is 19.1. The second-order valence-electron chi connectivity index (χ2n) is 7.55. The fourth-order valence-corrected chi connectivity index (χ4v) is 4.46. The molecule has 2 aliphatic rings. The van der Waals surface area contributed by atoms with Gasteiger partial charge >= 0.3 is 0 Å². The predicted molar refractivity (Wildman–Crippen MR) is 104 cm³/mol. The number of aryl methyl sites for hydroxylation is 2. The summed E-state index contributed by atoms with van der Waals surface area (Å²) in [6.45, 7) is 5.50. The Morgan fingerprint density at radius 3 is 2.67 bits per heavy atom. The molecule has 1 saturated carbocycles. The lowest BCUT2D eigenvalue weighted by Crippen LogP contribution is -2.42. The molecule has 0 unspecified atom stereocenters. The third-order valence-electron chi connectivity index (χ3n) is 5.64. The fraction of sp³-hybridized carbons (Fsp3) is 0.526. The number of nitrogens with two attached hydrogens (primary N) is 1. The first-order chi connectivity index (χ1) is 12.9. The molecule has 0 spiro atoms. The topological polar surface area (TPSA) is 97.4 Å². The molecule has 0 aromatic carbocycles. The molecule has 2 aromatic heterocycles. The van der Waals surface area contributed by atoms with Crippen molar-refractivity contribution in [2.75, 3.05) is 23.7 Å². The van der Waals surface area contributed by atoms with Gasteiger partial charge in [0.25, 0.3) is 0 Å². The number of halogens is 1. The molecule has 144 valence electrons. The van der Waals surface area contributed by atoms with Crippen LogP contribution in [0.15, 0.2) is 18.5 Å². The summed E-state index contributed by atoms with van der Waals surface area (Å²) in [5, 5.41) is 11.0. The van der Waals surface area contributed by atoms with Gasteiger partial charge < -0.3 is 20.5 Å². The van der Waals surface area contributed by atoms with Crippen LogP contribution in [0.5, 0.6) is 5.75 Å². The van der Waals surface area contributed by atoms with Crippen LogP contribution in [0.25, 0.3) is 0 Å². The molecule has 1 saturated heterocycles. The van der Waals surface area contributed by atoms with Gasteiger partial charge in [0.05, 0.1) is 11.8 Å². The molecule has 8 heteroatoms. The number of pyridine rings is 1. The number of anilines is 2. The van der Waals surface area contributed by atoms with E-state index < -0.39 is 6.10 Å². The first-order valence-corrected chi connectivity index (χ1v) is 9.60. The number of nitrogen functional groups attached to an aromatic ring is 1. The molecule has 4 atom stereocenters. The van der Waals surface area contributed by atoms with Crippen LogP contribution in [0.1, 0.15) is 24.2 Å². The summed E-state index contributed by atoms with van der Waals surface area (Å²) in [4.78, 5) is 14.8. The SMILES string of the molecule is Cc1ccc(O[C@@H]2C[C@@H]3CN(c4ncnc(N)c4Cl)C[C@@H]3C[C@H]2O)c(C)n1. The van der Waals surface area contributed by atoms with Gasteiger partial charge in [0.15, 0.2) is 5.82 Å². The van der Waals surface area contributed by atoms with Crippen molar-refractivity contribution in [2.45, 2.75) is 38.9 Å². The van der Waals surface area contributed by atoms with Gasteiger partial charge in [-0.05, 0) is 50.7 Å². The lowest BCUT2D eigenvalue weighted by molar-refractivity contribution is -0.0236. The van der Waals surface area contributed by atoms with E-state index in [0.29, 0.717) is 34.9 Å². The molecule has 0 radical (unpaired) electrons. The highest BCUT2D eigenvalue weighted by Crippen LogP contribution is 2.41. The molecular formula is C19H24ClN5O2. The van der Waals surface area contributed by atoms with E-state index in [1.54, 1.807) is 0 Å². The van der Waals surface area contributed by atoms with Crippen molar-refractivity contribution in [3.63, 3.8) is 0 Å². The van der Waals surface area contributed by atoms with Crippen molar-refractivity contribution in [1.29, 1.82) is 0 Å². The van der Waals surface area contributed by atoms with Crippen LogP contribution < -0.4 is 15.4 Å². The van der Waals surface area contributed by atoms with Gasteiger partial charge in [-0.2, -0.15) is 0 Å². The van der Waals surface area contributed by atoms with Crippen molar-refractivity contribution in [1.82, 2.24) is 15.0 Å². The third kappa shape index (κ3) is 3.53. The van der Waals surface area contributed by atoms with Crippen LogP contribution in [0.4, 0.5) is 11.6 Å². The summed E-state index contributed by atoms with van der Waals surface area (Å²) in [7, 11) is 0. The van der Waals surface area contributed by atoms with E-state index in [0.717, 1.165) is 36.6 Å². The number of aromatic nitrogens is 3. The number of ether oxygens (including phenoxy) is 1. The standard InChI is InChI=1S/C19H24ClN5O2/c1-10-3-4-15(11(2)24-10)27-16-6-13-8-25(7-12(13)5-14(16)26)19-17(20)18(21)22-9-23-19/h3-4,9,12-14,16,26H,5-8H2,1-2H3,(H2,21,22,23)/t12-,13+,14+,16+/m0/s1. The molecule has 1 aliphatic heterocycles. The summed E-state index contributed by atoms with van der Waals surface area (Å²) in [6, 6.07) is 3.86. The van der Waals surface area contributed by atoms with Crippen molar-refractivity contribution in [3.8, 4) is 5.75 Å². The maximum atomic E-state index is 10.6. The number of fused-ring (bicyclic) bond motifs is 1. The molecule has 4 rings (SSSR count). The maximum absolute atomic E-state index is 10.6. The molecular weight excluding hydrogens is 366 g/mol. The van der Waals surface area contributed by atoms with E-state index in [2.05, 4.69) is 19.9 Å². The molecule has 3 N–H and O–H groups in total. The predicted octanol–water partition coefficient (Wildman–Crippen LogP) is 2.38. The molecule has 2 aromatic rings. The Bertz CT molecular complexity index is 849. The number of aliphatic hydroxyl groups is 1. The smallest absolute Gasteiger partial charge is 0.153 e. The van der Waals surface area contributed by atoms with Crippen LogP contribution in [0.2, 0.25) is 5.02 Å². The Kier molecular flexibility index (Phi) is 4.82. The van der Waals surface area contributed by atoms with Crippen LogP contribution in [-0.4, -0.2) is 45.4 Å². The highest BCUT2D eigenvalue weighted by atomic mass is 35.5. The van der Waals surface area contributed by atoms with E-state index in [1.165, 1.54) is 6.33 Å². The van der Waals surface area contributed by atoms with Crippen LogP contribution in [-0.2, 0) is 0 Å². The molecule has 0 bridgehead atoms. The number of hydrogen-bond acceptors (Lipinski definition) is 7. The monoisotopic (exact) mass is 389 g/mol. The number of hydrogen-bond donors (Lipinski definition) is 2. The van der Waals surface area contributed by atoms with Crippen LogP contribution in [0, 0.1) is 25.7 Å². The Morgan fingerprint density at radius 1 is 1.19 bits per heavy atom. The quantitative estimate of drug-likeness (QED) is 0.831. The Hall–Kier alpha value is -2.12. The van der Waals surface area contributed by atoms with Crippen molar-refractivity contribution < 1.29 is 9.84 Å². The number of aliphatic hydroxyl groups excluding tert-OH is 1. The highest BCUT2D eigenvalue weighted by Gasteiger charge is 2.43. The molecule has 7 nitrogen and oxygen atoms in total. The minimum atomic E-state index is -0.502. The maximum Gasteiger partial charge on any atom is 0.153 e. The Morgan fingerprint density at radius 2 is 1.93 bits per heavy atom. The van der Waals surface area contributed by atoms with Gasteiger partial charge in [-0.15, -0.1) is 0 Å². The van der Waals surface area contributed by atoms with Gasteiger partial charge in [-0.25, -0.2) is 9.97 Å². The first kappa shape index (κ1) is 18.3. The second kappa shape index (κ2) is 7.13. The summed E-state index contributed by atoms with van der Waals surface area (Å²) in [5.74, 6) is 2.49. The van der Waals surface area contributed by atoms with Crippen molar-refractivity contribution in [3.05, 3.63) is 34.9 Å². The van der Waals surface area contributed by atoms with Gasteiger partial charge in [0.2, 0.25) is 0 Å². The summed E-state index contributed by atoms with van der Waals surface area (Å²) in [6.07, 6.45) is 2.18. The van der Waals surface area contributed by atoms with Gasteiger partial charge in [0, 0.05) is 18.8 Å². The van der Waals surface area contributed by atoms with Crippen LogP contribution >= 0.6 is 11.6 Å². The van der Waals surface area contributed by atoms with E-state index >= 15 is 0 Å². The molecule has 3 heterocycles. The summed E-state index contributed by atoms with van der Waals surface area (Å²) in [5.41, 5.74) is 7.62. The Balaban J connectivity index is 1.48. The lowest BCUT2D eigenvalue weighted by Gasteiger charge is -2.35. The zero-order valence-corrected chi connectivity index (χ0v) is 16.2. The first-order valence-electron chi connectivity index (χ1n) is 9.22. The third-order valence-corrected chi connectivity index (χ3v) is 6.00. The molecule has 27 heavy (non-hydrogen) atoms. The average Bonchev–Trinajstić information content (AvgIpc) is 3.02. The summed E-state index contributed by atoms with van der Waals surface area (Å²) >= 11 is 6.29. The zero-order valence-electron chi connectivity index (χ0n) is 15.5. The average molecular weight is 390 g/mol. The van der Waals surface area contributed by atoms with Crippen molar-refractivity contribution >= 4 is 23.2 Å².